The number of nitrogens with one attached hydrogen (secondary N) is 1. The number of rotatable bonds is 4. The fourth-order valence-electron chi connectivity index (χ4n) is 5.08. The van der Waals surface area contributed by atoms with Gasteiger partial charge in [0.15, 0.2) is 23.0 Å². The molecule has 0 unspecified atom stereocenters. The molecule has 7 nitrogen and oxygen atoms in total. The predicted molar refractivity (Wildman–Crippen MR) is 115 cm³/mol. The van der Waals surface area contributed by atoms with Crippen molar-refractivity contribution in [2.24, 2.45) is 0 Å². The van der Waals surface area contributed by atoms with E-state index in [0.29, 0.717) is 30.5 Å². The molecule has 0 aliphatic carbocycles. The Morgan fingerprint density at radius 2 is 1.48 bits per heavy atom. The molecular weight excluding hydrogens is 398 g/mol. The third kappa shape index (κ3) is 3.36. The van der Waals surface area contributed by atoms with Crippen molar-refractivity contribution in [3.8, 4) is 28.7 Å². The SMILES string of the molecule is COc1cc([C@@H]2NCC3(CCOCC3)c3cc4c(cc32)OCCO4)cc(OC)c1OC. The molecule has 3 aliphatic rings. The van der Waals surface area contributed by atoms with E-state index in [9.17, 15) is 0 Å². The third-order valence-electron chi connectivity index (χ3n) is 6.71. The van der Waals surface area contributed by atoms with Crippen LogP contribution in [-0.4, -0.2) is 54.3 Å². The van der Waals surface area contributed by atoms with Gasteiger partial charge < -0.3 is 33.7 Å². The summed E-state index contributed by atoms with van der Waals surface area (Å²) < 4.78 is 34.3. The van der Waals surface area contributed by atoms with Crippen molar-refractivity contribution in [2.45, 2.75) is 24.3 Å². The number of ether oxygens (including phenoxy) is 6. The Morgan fingerprint density at radius 3 is 2.10 bits per heavy atom. The Bertz CT molecular complexity index is 944. The number of fused-ring (bicyclic) bond motifs is 3. The normalized spacial score (nSPS) is 21.3. The smallest absolute Gasteiger partial charge is 0.203 e. The lowest BCUT2D eigenvalue weighted by atomic mass is 9.68. The average Bonchev–Trinajstić information content (AvgIpc) is 2.83. The first-order valence-electron chi connectivity index (χ1n) is 10.7. The molecule has 31 heavy (non-hydrogen) atoms. The van der Waals surface area contributed by atoms with Crippen LogP contribution in [0.1, 0.15) is 35.6 Å². The first kappa shape index (κ1) is 20.3. The summed E-state index contributed by atoms with van der Waals surface area (Å²) in [6, 6.07) is 8.33. The minimum Gasteiger partial charge on any atom is -0.493 e. The maximum atomic E-state index is 5.93. The van der Waals surface area contributed by atoms with Gasteiger partial charge in [-0.1, -0.05) is 0 Å². The van der Waals surface area contributed by atoms with E-state index in [1.54, 1.807) is 21.3 Å². The van der Waals surface area contributed by atoms with Crippen LogP contribution in [0.2, 0.25) is 0 Å². The lowest BCUT2D eigenvalue weighted by Crippen LogP contribution is -2.48. The summed E-state index contributed by atoms with van der Waals surface area (Å²) in [6.07, 6.45) is 1.96. The zero-order valence-corrected chi connectivity index (χ0v) is 18.3. The van der Waals surface area contributed by atoms with E-state index >= 15 is 0 Å². The molecule has 0 saturated carbocycles. The number of methoxy groups -OCH3 is 3. The minimum absolute atomic E-state index is 0.0283. The molecule has 1 N–H and O–H groups in total. The van der Waals surface area contributed by atoms with E-state index in [-0.39, 0.29) is 11.5 Å². The highest BCUT2D eigenvalue weighted by atomic mass is 16.6. The molecule has 166 valence electrons. The molecule has 1 saturated heterocycles. The third-order valence-corrected chi connectivity index (χ3v) is 6.71. The van der Waals surface area contributed by atoms with Crippen molar-refractivity contribution in [3.05, 3.63) is 41.0 Å². The Kier molecular flexibility index (Phi) is 5.32. The van der Waals surface area contributed by atoms with Gasteiger partial charge in [0.05, 0.1) is 27.4 Å². The van der Waals surface area contributed by atoms with Crippen LogP contribution in [0.4, 0.5) is 0 Å². The summed E-state index contributed by atoms with van der Waals surface area (Å²) in [7, 11) is 4.90. The van der Waals surface area contributed by atoms with Gasteiger partial charge in [0.2, 0.25) is 5.75 Å². The van der Waals surface area contributed by atoms with Gasteiger partial charge in [-0.15, -0.1) is 0 Å². The van der Waals surface area contributed by atoms with Crippen LogP contribution in [0.25, 0.3) is 0 Å². The van der Waals surface area contributed by atoms with Gasteiger partial charge in [-0.05, 0) is 53.8 Å². The summed E-state index contributed by atoms with van der Waals surface area (Å²) in [5, 5.41) is 3.80. The Balaban J connectivity index is 1.66. The molecule has 0 aromatic heterocycles. The van der Waals surface area contributed by atoms with Crippen LogP contribution in [-0.2, 0) is 10.2 Å². The van der Waals surface area contributed by atoms with E-state index in [4.69, 9.17) is 28.4 Å². The second-order valence-electron chi connectivity index (χ2n) is 8.25. The summed E-state index contributed by atoms with van der Waals surface area (Å²) in [5.74, 6) is 3.51. The molecule has 1 spiro atoms. The van der Waals surface area contributed by atoms with Crippen LogP contribution in [0.15, 0.2) is 24.3 Å². The molecule has 0 bridgehead atoms. The number of hydrogen-bond donors (Lipinski definition) is 1. The van der Waals surface area contributed by atoms with E-state index in [1.165, 1.54) is 11.1 Å². The van der Waals surface area contributed by atoms with Crippen LogP contribution >= 0.6 is 0 Å². The average molecular weight is 427 g/mol. The summed E-state index contributed by atoms with van der Waals surface area (Å²) in [6.45, 7) is 3.54. The minimum atomic E-state index is -0.0343. The van der Waals surface area contributed by atoms with Crippen LogP contribution in [0, 0.1) is 0 Å². The van der Waals surface area contributed by atoms with Crippen molar-refractivity contribution in [1.82, 2.24) is 5.32 Å². The van der Waals surface area contributed by atoms with Crippen molar-refractivity contribution in [2.75, 3.05) is 54.3 Å². The molecule has 7 heteroatoms. The van der Waals surface area contributed by atoms with Gasteiger partial charge in [0, 0.05) is 25.2 Å². The highest BCUT2D eigenvalue weighted by Gasteiger charge is 2.42. The molecule has 2 aromatic rings. The van der Waals surface area contributed by atoms with Gasteiger partial charge in [0.1, 0.15) is 13.2 Å². The Morgan fingerprint density at radius 1 is 0.839 bits per heavy atom. The fourth-order valence-corrected chi connectivity index (χ4v) is 5.08. The lowest BCUT2D eigenvalue weighted by Gasteiger charge is -2.45. The summed E-state index contributed by atoms with van der Waals surface area (Å²) >= 11 is 0. The molecule has 0 radical (unpaired) electrons. The van der Waals surface area contributed by atoms with E-state index in [0.717, 1.165) is 49.7 Å². The van der Waals surface area contributed by atoms with Crippen molar-refractivity contribution in [3.63, 3.8) is 0 Å². The highest BCUT2D eigenvalue weighted by molar-refractivity contribution is 5.59. The Labute approximate surface area is 182 Å². The van der Waals surface area contributed by atoms with E-state index in [2.05, 4.69) is 17.4 Å². The zero-order chi connectivity index (χ0) is 21.4. The van der Waals surface area contributed by atoms with Gasteiger partial charge in [-0.2, -0.15) is 0 Å². The maximum Gasteiger partial charge on any atom is 0.203 e. The first-order chi connectivity index (χ1) is 15.2. The molecule has 1 atom stereocenters. The maximum absolute atomic E-state index is 5.93. The standard InChI is InChI=1S/C24H29NO6/c1-26-20-10-15(11-21(27-2)23(20)28-3)22-16-12-18-19(31-9-8-30-18)13-17(16)24(14-25-22)4-6-29-7-5-24/h10-13,22,25H,4-9,14H2,1-3H3/t22-/m0/s1. The largest absolute Gasteiger partial charge is 0.493 e. The second-order valence-corrected chi connectivity index (χ2v) is 8.25. The van der Waals surface area contributed by atoms with Crippen molar-refractivity contribution in [1.29, 1.82) is 0 Å². The van der Waals surface area contributed by atoms with Crippen LogP contribution < -0.4 is 29.0 Å². The lowest BCUT2D eigenvalue weighted by molar-refractivity contribution is 0.0458. The van der Waals surface area contributed by atoms with E-state index in [1.807, 2.05) is 12.1 Å². The first-order valence-corrected chi connectivity index (χ1v) is 10.7. The molecule has 3 heterocycles. The Hall–Kier alpha value is -2.64. The fraction of sp³-hybridized carbons (Fsp3) is 0.500. The number of hydrogen-bond acceptors (Lipinski definition) is 7. The van der Waals surface area contributed by atoms with Gasteiger partial charge >= 0.3 is 0 Å². The van der Waals surface area contributed by atoms with Gasteiger partial charge in [-0.3, -0.25) is 0 Å². The van der Waals surface area contributed by atoms with Crippen molar-refractivity contribution < 1.29 is 28.4 Å². The summed E-state index contributed by atoms with van der Waals surface area (Å²) in [4.78, 5) is 0. The quantitative estimate of drug-likeness (QED) is 0.804. The van der Waals surface area contributed by atoms with Crippen molar-refractivity contribution >= 4 is 0 Å². The van der Waals surface area contributed by atoms with Crippen LogP contribution in [0.5, 0.6) is 28.7 Å². The highest BCUT2D eigenvalue weighted by Crippen LogP contribution is 2.49. The monoisotopic (exact) mass is 427 g/mol. The van der Waals surface area contributed by atoms with Crippen LogP contribution in [0.3, 0.4) is 0 Å². The topological polar surface area (TPSA) is 67.4 Å². The molecule has 0 amide bonds. The zero-order valence-electron chi connectivity index (χ0n) is 18.3. The number of benzene rings is 2. The molecular formula is C24H29NO6. The second kappa shape index (κ2) is 8.13. The molecule has 2 aromatic carbocycles. The summed E-state index contributed by atoms with van der Waals surface area (Å²) in [5.41, 5.74) is 3.60. The van der Waals surface area contributed by atoms with Gasteiger partial charge in [-0.25, -0.2) is 0 Å². The molecule has 3 aliphatic heterocycles. The predicted octanol–water partition coefficient (Wildman–Crippen LogP) is 3.22. The van der Waals surface area contributed by atoms with E-state index < -0.39 is 0 Å². The molecule has 1 fully saturated rings. The molecule has 5 rings (SSSR count). The van der Waals surface area contributed by atoms with Gasteiger partial charge in [0.25, 0.3) is 0 Å².